The van der Waals surface area contributed by atoms with Crippen molar-refractivity contribution in [3.8, 4) is 5.75 Å². The molecule has 0 saturated heterocycles. The summed E-state index contributed by atoms with van der Waals surface area (Å²) in [7, 11) is 0. The van der Waals surface area contributed by atoms with Crippen molar-refractivity contribution < 1.29 is 14.3 Å². The lowest BCUT2D eigenvalue weighted by Gasteiger charge is -2.23. The van der Waals surface area contributed by atoms with Gasteiger partial charge in [-0.25, -0.2) is 0 Å². The molecule has 0 spiro atoms. The Morgan fingerprint density at radius 1 is 1.08 bits per heavy atom. The lowest BCUT2D eigenvalue weighted by molar-refractivity contribution is -0.120. The number of hydrogen-bond donors (Lipinski definition) is 1. The number of carbonyl (C=O) groups is 2. The highest BCUT2D eigenvalue weighted by atomic mass is 16.5. The first-order valence-corrected chi connectivity index (χ1v) is 8.27. The van der Waals surface area contributed by atoms with Gasteiger partial charge in [0, 0.05) is 12.6 Å². The zero-order valence-corrected chi connectivity index (χ0v) is 15.1. The van der Waals surface area contributed by atoms with Crippen molar-refractivity contribution in [3.63, 3.8) is 0 Å². The van der Waals surface area contributed by atoms with E-state index in [1.54, 1.807) is 12.1 Å². The third-order valence-electron chi connectivity index (χ3n) is 3.61. The first-order valence-electron chi connectivity index (χ1n) is 8.27. The smallest absolute Gasteiger partial charge is 0.244 e. The van der Waals surface area contributed by atoms with E-state index in [0.717, 1.165) is 11.3 Å². The molecule has 0 radical (unpaired) electrons. The lowest BCUT2D eigenvalue weighted by Crippen LogP contribution is -2.37. The minimum absolute atomic E-state index is 0.00117. The molecule has 0 unspecified atom stereocenters. The number of para-hydroxylation sites is 3. The number of hydrogen-bond acceptors (Lipinski definition) is 3. The van der Waals surface area contributed by atoms with Crippen molar-refractivity contribution in [2.24, 2.45) is 0 Å². The molecule has 2 aromatic rings. The van der Waals surface area contributed by atoms with Gasteiger partial charge in [-0.2, -0.15) is 0 Å². The SMILES string of the molecule is CC(=O)N(CC(=O)Nc1ccccc1OC(C)C)c1ccccc1C. The van der Waals surface area contributed by atoms with E-state index in [0.29, 0.717) is 11.4 Å². The van der Waals surface area contributed by atoms with E-state index in [9.17, 15) is 9.59 Å². The summed E-state index contributed by atoms with van der Waals surface area (Å²) in [5, 5.41) is 2.83. The fraction of sp³-hybridized carbons (Fsp3) is 0.300. The fourth-order valence-electron chi connectivity index (χ4n) is 2.49. The Balaban J connectivity index is 2.16. The molecule has 132 valence electrons. The van der Waals surface area contributed by atoms with Gasteiger partial charge in [0.2, 0.25) is 11.8 Å². The summed E-state index contributed by atoms with van der Waals surface area (Å²) in [6.07, 6.45) is -0.00117. The molecule has 1 N–H and O–H groups in total. The van der Waals surface area contributed by atoms with Crippen LogP contribution in [0, 0.1) is 6.92 Å². The molecular formula is C20H24N2O3. The van der Waals surface area contributed by atoms with Crippen molar-refractivity contribution >= 4 is 23.2 Å². The van der Waals surface area contributed by atoms with Crippen LogP contribution in [-0.4, -0.2) is 24.5 Å². The monoisotopic (exact) mass is 340 g/mol. The maximum absolute atomic E-state index is 12.5. The largest absolute Gasteiger partial charge is 0.489 e. The minimum Gasteiger partial charge on any atom is -0.489 e. The fourth-order valence-corrected chi connectivity index (χ4v) is 2.49. The Bertz CT molecular complexity index is 756. The van der Waals surface area contributed by atoms with Crippen LogP contribution >= 0.6 is 0 Å². The quantitative estimate of drug-likeness (QED) is 0.871. The Morgan fingerprint density at radius 2 is 1.72 bits per heavy atom. The van der Waals surface area contributed by atoms with Gasteiger partial charge in [-0.3, -0.25) is 9.59 Å². The van der Waals surface area contributed by atoms with Crippen LogP contribution in [0.3, 0.4) is 0 Å². The zero-order valence-electron chi connectivity index (χ0n) is 15.1. The van der Waals surface area contributed by atoms with Crippen molar-refractivity contribution in [2.75, 3.05) is 16.8 Å². The number of nitrogens with zero attached hydrogens (tertiary/aromatic N) is 1. The molecule has 0 aliphatic rings. The molecule has 5 heteroatoms. The van der Waals surface area contributed by atoms with Gasteiger partial charge in [-0.05, 0) is 44.5 Å². The van der Waals surface area contributed by atoms with Crippen LogP contribution in [0.15, 0.2) is 48.5 Å². The summed E-state index contributed by atoms with van der Waals surface area (Å²) in [5.41, 5.74) is 2.26. The summed E-state index contributed by atoms with van der Waals surface area (Å²) < 4.78 is 5.71. The number of amides is 2. The van der Waals surface area contributed by atoms with Gasteiger partial charge >= 0.3 is 0 Å². The Morgan fingerprint density at radius 3 is 2.36 bits per heavy atom. The normalized spacial score (nSPS) is 10.4. The van der Waals surface area contributed by atoms with Crippen LogP contribution < -0.4 is 15.0 Å². The zero-order chi connectivity index (χ0) is 18.4. The van der Waals surface area contributed by atoms with E-state index in [-0.39, 0.29) is 24.5 Å². The molecule has 0 aliphatic heterocycles. The van der Waals surface area contributed by atoms with Crippen molar-refractivity contribution in [1.82, 2.24) is 0 Å². The van der Waals surface area contributed by atoms with Crippen LogP contribution in [0.5, 0.6) is 5.75 Å². The van der Waals surface area contributed by atoms with Crippen LogP contribution in [0.2, 0.25) is 0 Å². The first kappa shape index (κ1) is 18.5. The highest BCUT2D eigenvalue weighted by Gasteiger charge is 2.18. The molecule has 0 bridgehead atoms. The van der Waals surface area contributed by atoms with Gasteiger partial charge in [-0.1, -0.05) is 30.3 Å². The average molecular weight is 340 g/mol. The summed E-state index contributed by atoms with van der Waals surface area (Å²) in [4.78, 5) is 26.0. The van der Waals surface area contributed by atoms with Crippen LogP contribution in [-0.2, 0) is 9.59 Å². The number of ether oxygens (including phenoxy) is 1. The summed E-state index contributed by atoms with van der Waals surface area (Å²) >= 11 is 0. The summed E-state index contributed by atoms with van der Waals surface area (Å²) in [6.45, 7) is 7.16. The van der Waals surface area contributed by atoms with E-state index >= 15 is 0 Å². The van der Waals surface area contributed by atoms with Crippen molar-refractivity contribution in [2.45, 2.75) is 33.8 Å². The highest BCUT2D eigenvalue weighted by molar-refractivity contribution is 6.02. The molecule has 25 heavy (non-hydrogen) atoms. The Kier molecular flexibility index (Phi) is 6.17. The van der Waals surface area contributed by atoms with Crippen LogP contribution in [0.4, 0.5) is 11.4 Å². The maximum atomic E-state index is 12.5. The molecule has 0 fully saturated rings. The second-order valence-electron chi connectivity index (χ2n) is 6.10. The molecule has 0 heterocycles. The summed E-state index contributed by atoms with van der Waals surface area (Å²) in [6, 6.07) is 14.8. The van der Waals surface area contributed by atoms with Gasteiger partial charge in [0.15, 0.2) is 0 Å². The van der Waals surface area contributed by atoms with E-state index in [1.807, 2.05) is 57.2 Å². The molecule has 2 rings (SSSR count). The topological polar surface area (TPSA) is 58.6 Å². The van der Waals surface area contributed by atoms with E-state index in [1.165, 1.54) is 11.8 Å². The molecule has 0 aromatic heterocycles. The van der Waals surface area contributed by atoms with E-state index < -0.39 is 0 Å². The molecule has 0 saturated carbocycles. The van der Waals surface area contributed by atoms with Gasteiger partial charge in [0.25, 0.3) is 0 Å². The third-order valence-corrected chi connectivity index (χ3v) is 3.61. The minimum atomic E-state index is -0.279. The van der Waals surface area contributed by atoms with E-state index in [4.69, 9.17) is 4.74 Å². The van der Waals surface area contributed by atoms with Gasteiger partial charge in [0.1, 0.15) is 12.3 Å². The third kappa shape index (κ3) is 5.08. The summed E-state index contributed by atoms with van der Waals surface area (Å²) in [5.74, 6) is 0.144. The first-order chi connectivity index (χ1) is 11.9. The highest BCUT2D eigenvalue weighted by Crippen LogP contribution is 2.25. The van der Waals surface area contributed by atoms with Crippen LogP contribution in [0.25, 0.3) is 0 Å². The molecule has 2 amide bonds. The van der Waals surface area contributed by atoms with E-state index in [2.05, 4.69) is 5.32 Å². The lowest BCUT2D eigenvalue weighted by atomic mass is 10.2. The van der Waals surface area contributed by atoms with Crippen molar-refractivity contribution in [1.29, 1.82) is 0 Å². The number of nitrogens with one attached hydrogen (secondary N) is 1. The second kappa shape index (κ2) is 8.33. The van der Waals surface area contributed by atoms with Gasteiger partial charge in [0.05, 0.1) is 11.8 Å². The molecular weight excluding hydrogens is 316 g/mol. The number of anilines is 2. The second-order valence-corrected chi connectivity index (χ2v) is 6.10. The van der Waals surface area contributed by atoms with Crippen molar-refractivity contribution in [3.05, 3.63) is 54.1 Å². The number of rotatable bonds is 6. The molecule has 0 aliphatic carbocycles. The van der Waals surface area contributed by atoms with Gasteiger partial charge < -0.3 is 15.0 Å². The molecule has 0 atom stereocenters. The van der Waals surface area contributed by atoms with Crippen LogP contribution in [0.1, 0.15) is 26.3 Å². The number of carbonyl (C=O) groups excluding carboxylic acids is 2. The number of aryl methyl sites for hydroxylation is 1. The predicted molar refractivity (Wildman–Crippen MR) is 100 cm³/mol. The molecule has 2 aromatic carbocycles. The average Bonchev–Trinajstić information content (AvgIpc) is 2.54. The van der Waals surface area contributed by atoms with Gasteiger partial charge in [-0.15, -0.1) is 0 Å². The Labute approximate surface area is 148 Å². The predicted octanol–water partition coefficient (Wildman–Crippen LogP) is 3.77. The number of benzene rings is 2. The standard InChI is InChI=1S/C20H24N2O3/c1-14(2)25-19-12-8-6-10-17(19)21-20(24)13-22(16(4)23)18-11-7-5-9-15(18)3/h5-12,14H,13H2,1-4H3,(H,21,24). The Hall–Kier alpha value is -2.82. The maximum Gasteiger partial charge on any atom is 0.244 e. The molecule has 5 nitrogen and oxygen atoms in total.